The molecule has 4 rings (SSSR count). The zero-order chi connectivity index (χ0) is 23.5. The lowest BCUT2D eigenvalue weighted by atomic mass is 9.76. The van der Waals surface area contributed by atoms with Crippen molar-refractivity contribution in [3.8, 4) is 11.8 Å². The molecule has 0 aliphatic heterocycles. The van der Waals surface area contributed by atoms with Crippen LogP contribution in [0.2, 0.25) is 0 Å². The molecule has 0 aromatic heterocycles. The quantitative estimate of drug-likeness (QED) is 0.161. The van der Waals surface area contributed by atoms with Crippen LogP contribution in [0, 0.1) is 46.8 Å². The number of rotatable bonds is 4. The zero-order valence-electron chi connectivity index (χ0n) is 18.0. The van der Waals surface area contributed by atoms with Crippen molar-refractivity contribution in [1.82, 2.24) is 0 Å². The van der Waals surface area contributed by atoms with Gasteiger partial charge in [-0.3, -0.25) is 0 Å². The van der Waals surface area contributed by atoms with Crippen molar-refractivity contribution >= 4 is 10.8 Å². The molecule has 170 valence electrons. The molecule has 1 aliphatic rings. The van der Waals surface area contributed by atoms with Gasteiger partial charge in [0.25, 0.3) is 0 Å². The van der Waals surface area contributed by atoms with Crippen LogP contribution >= 0.6 is 0 Å². The van der Waals surface area contributed by atoms with Gasteiger partial charge in [0.05, 0.1) is 0 Å². The van der Waals surface area contributed by atoms with Gasteiger partial charge in [0.2, 0.25) is 0 Å². The second-order valence-corrected chi connectivity index (χ2v) is 8.58. The van der Waals surface area contributed by atoms with Crippen LogP contribution in [-0.4, -0.2) is 0 Å². The highest BCUT2D eigenvalue weighted by atomic mass is 19.2. The summed E-state index contributed by atoms with van der Waals surface area (Å²) in [5.74, 6) is -1.35. The van der Waals surface area contributed by atoms with Gasteiger partial charge in [0.15, 0.2) is 23.3 Å². The van der Waals surface area contributed by atoms with Crippen LogP contribution in [0.5, 0.6) is 0 Å². The fraction of sp³-hybridized carbons (Fsp3) is 0.286. The predicted octanol–water partition coefficient (Wildman–Crippen LogP) is 8.18. The summed E-state index contributed by atoms with van der Waals surface area (Å²) >= 11 is 0. The van der Waals surface area contributed by atoms with Crippen molar-refractivity contribution in [1.29, 1.82) is 0 Å². The lowest BCUT2D eigenvalue weighted by Crippen LogP contribution is -2.17. The summed E-state index contributed by atoms with van der Waals surface area (Å²) < 4.78 is 72.6. The number of hydrogen-bond acceptors (Lipinski definition) is 0. The summed E-state index contributed by atoms with van der Waals surface area (Å²) in [7, 11) is 0. The Morgan fingerprint density at radius 2 is 1.42 bits per heavy atom. The fourth-order valence-electron chi connectivity index (χ4n) is 4.64. The van der Waals surface area contributed by atoms with Crippen molar-refractivity contribution in [3.63, 3.8) is 0 Å². The average molecular weight is 454 g/mol. The smallest absolute Gasteiger partial charge is 0.177 e. The van der Waals surface area contributed by atoms with Gasteiger partial charge in [-0.1, -0.05) is 30.0 Å². The van der Waals surface area contributed by atoms with Gasteiger partial charge >= 0.3 is 0 Å². The van der Waals surface area contributed by atoms with E-state index in [0.717, 1.165) is 25.7 Å². The molecule has 33 heavy (non-hydrogen) atoms. The maximum absolute atomic E-state index is 14.9. The molecule has 0 heterocycles. The Balaban J connectivity index is 1.62. The van der Waals surface area contributed by atoms with E-state index in [1.165, 1.54) is 12.1 Å². The average Bonchev–Trinajstić information content (AvgIpc) is 2.82. The van der Waals surface area contributed by atoms with Crippen LogP contribution in [0.4, 0.5) is 22.0 Å². The standard InChI is InChI=1S/C28H23F5/c1-2-3-4-17-5-9-19(10-6-17)24-27(32)25(30)23(26(31)28(24)33)14-8-18-7-11-21-16-22(29)13-12-20(21)15-18/h2,7,11-13,15-17,19H,1,3-6,9-10H2. The van der Waals surface area contributed by atoms with Crippen LogP contribution in [0.25, 0.3) is 10.8 Å². The van der Waals surface area contributed by atoms with Gasteiger partial charge in [0, 0.05) is 11.1 Å². The number of benzene rings is 3. The van der Waals surface area contributed by atoms with Crippen molar-refractivity contribution < 1.29 is 22.0 Å². The largest absolute Gasteiger partial charge is 0.207 e. The molecular weight excluding hydrogens is 431 g/mol. The van der Waals surface area contributed by atoms with Gasteiger partial charge in [-0.25, -0.2) is 22.0 Å². The first-order chi connectivity index (χ1) is 15.9. The summed E-state index contributed by atoms with van der Waals surface area (Å²) in [5.41, 5.74) is -1.05. The van der Waals surface area contributed by atoms with E-state index in [1.54, 1.807) is 24.3 Å². The Labute approximate surface area is 190 Å². The first-order valence-electron chi connectivity index (χ1n) is 11.1. The molecule has 0 nitrogen and oxygen atoms in total. The third kappa shape index (κ3) is 4.80. The number of halogens is 5. The van der Waals surface area contributed by atoms with Gasteiger partial charge in [-0.2, -0.15) is 0 Å². The van der Waals surface area contributed by atoms with E-state index in [0.29, 0.717) is 35.1 Å². The Morgan fingerprint density at radius 3 is 2.09 bits per heavy atom. The summed E-state index contributed by atoms with van der Waals surface area (Å²) in [6, 6.07) is 8.97. The Bertz CT molecular complexity index is 1230. The highest BCUT2D eigenvalue weighted by Crippen LogP contribution is 2.41. The Hall–Kier alpha value is -3.13. The zero-order valence-corrected chi connectivity index (χ0v) is 18.0. The van der Waals surface area contributed by atoms with Crippen molar-refractivity contribution in [2.75, 3.05) is 0 Å². The van der Waals surface area contributed by atoms with E-state index >= 15 is 0 Å². The molecule has 0 radical (unpaired) electrons. The molecule has 0 spiro atoms. The van der Waals surface area contributed by atoms with Crippen LogP contribution in [0.15, 0.2) is 49.1 Å². The van der Waals surface area contributed by atoms with E-state index < -0.39 is 40.3 Å². The fourth-order valence-corrected chi connectivity index (χ4v) is 4.64. The lowest BCUT2D eigenvalue weighted by molar-refractivity contribution is 0.298. The minimum Gasteiger partial charge on any atom is -0.207 e. The maximum Gasteiger partial charge on any atom is 0.177 e. The highest BCUT2D eigenvalue weighted by molar-refractivity contribution is 5.84. The van der Waals surface area contributed by atoms with E-state index in [4.69, 9.17) is 0 Å². The van der Waals surface area contributed by atoms with Crippen LogP contribution in [0.1, 0.15) is 61.1 Å². The Kier molecular flexibility index (Phi) is 6.83. The second kappa shape index (κ2) is 9.79. The van der Waals surface area contributed by atoms with Gasteiger partial charge in [-0.15, -0.1) is 6.58 Å². The van der Waals surface area contributed by atoms with Crippen LogP contribution in [0.3, 0.4) is 0 Å². The minimum atomic E-state index is -1.46. The molecule has 3 aromatic rings. The summed E-state index contributed by atoms with van der Waals surface area (Å²) in [4.78, 5) is 0. The van der Waals surface area contributed by atoms with Crippen molar-refractivity contribution in [2.24, 2.45) is 5.92 Å². The van der Waals surface area contributed by atoms with Crippen LogP contribution < -0.4 is 0 Å². The molecule has 1 fully saturated rings. The third-order valence-corrected chi connectivity index (χ3v) is 6.47. The number of allylic oxidation sites excluding steroid dienone is 1. The van der Waals surface area contributed by atoms with E-state index in [1.807, 2.05) is 6.08 Å². The molecule has 0 saturated heterocycles. The normalized spacial score (nSPS) is 18.1. The molecule has 1 saturated carbocycles. The summed E-state index contributed by atoms with van der Waals surface area (Å²) in [6.45, 7) is 3.70. The van der Waals surface area contributed by atoms with E-state index in [9.17, 15) is 22.0 Å². The Morgan fingerprint density at radius 1 is 0.788 bits per heavy atom. The second-order valence-electron chi connectivity index (χ2n) is 8.58. The van der Waals surface area contributed by atoms with Gasteiger partial charge in [-0.05, 0) is 85.4 Å². The van der Waals surface area contributed by atoms with E-state index in [2.05, 4.69) is 18.4 Å². The molecule has 1 aliphatic carbocycles. The first-order valence-corrected chi connectivity index (χ1v) is 11.1. The molecular formula is C28H23F5. The van der Waals surface area contributed by atoms with Gasteiger partial charge in [0.1, 0.15) is 11.4 Å². The molecule has 5 heteroatoms. The SMILES string of the molecule is C=CCCC1CCC(c2c(F)c(F)c(C#Cc3ccc4cc(F)ccc4c3)c(F)c2F)CC1. The minimum absolute atomic E-state index is 0.385. The molecule has 0 unspecified atom stereocenters. The van der Waals surface area contributed by atoms with Gasteiger partial charge < -0.3 is 0 Å². The molecule has 0 amide bonds. The molecule has 0 atom stereocenters. The molecule has 3 aromatic carbocycles. The third-order valence-electron chi connectivity index (χ3n) is 6.47. The predicted molar refractivity (Wildman–Crippen MR) is 120 cm³/mol. The van der Waals surface area contributed by atoms with Crippen molar-refractivity contribution in [2.45, 2.75) is 44.4 Å². The summed E-state index contributed by atoms with van der Waals surface area (Å²) in [6.07, 6.45) is 6.16. The number of fused-ring (bicyclic) bond motifs is 1. The maximum atomic E-state index is 14.9. The topological polar surface area (TPSA) is 0 Å². The highest BCUT2D eigenvalue weighted by Gasteiger charge is 2.32. The first kappa shape index (κ1) is 23.0. The summed E-state index contributed by atoms with van der Waals surface area (Å²) in [5, 5.41) is 1.32. The number of hydrogen-bond donors (Lipinski definition) is 0. The van der Waals surface area contributed by atoms with E-state index in [-0.39, 0.29) is 5.82 Å². The lowest BCUT2D eigenvalue weighted by Gasteiger charge is -2.29. The molecule has 0 bridgehead atoms. The van der Waals surface area contributed by atoms with Crippen LogP contribution in [-0.2, 0) is 0 Å². The molecule has 0 N–H and O–H groups in total. The van der Waals surface area contributed by atoms with Crippen molar-refractivity contribution in [3.05, 3.63) is 94.8 Å². The monoisotopic (exact) mass is 454 g/mol.